The summed E-state index contributed by atoms with van der Waals surface area (Å²) in [5.74, 6) is -0.108. The number of rotatable bonds is 4. The molecular weight excluding hydrogens is 216 g/mol. The molecule has 0 radical (unpaired) electrons. The number of carbonyl (C=O) groups is 1. The lowest BCUT2D eigenvalue weighted by Crippen LogP contribution is -2.38. The van der Waals surface area contributed by atoms with Crippen molar-refractivity contribution in [3.8, 4) is 0 Å². The van der Waals surface area contributed by atoms with Gasteiger partial charge in [0.15, 0.2) is 0 Å². The number of ether oxygens (including phenoxy) is 1. The minimum absolute atomic E-state index is 0.0521. The maximum Gasteiger partial charge on any atom is 0.323 e. The van der Waals surface area contributed by atoms with Crippen LogP contribution in [0.4, 0.5) is 0 Å². The van der Waals surface area contributed by atoms with Gasteiger partial charge in [0.05, 0.1) is 7.11 Å². The molecule has 2 rings (SSSR count). The predicted molar refractivity (Wildman–Crippen MR) is 64.6 cm³/mol. The molecule has 0 amide bonds. The van der Waals surface area contributed by atoms with Gasteiger partial charge in [-0.15, -0.1) is 0 Å². The molecule has 0 bridgehead atoms. The van der Waals surface area contributed by atoms with E-state index in [1.165, 1.54) is 7.11 Å². The second-order valence-electron chi connectivity index (χ2n) is 4.29. The highest BCUT2D eigenvalue weighted by atomic mass is 16.5. The number of methoxy groups -OCH3 is 1. The maximum atomic E-state index is 11.6. The molecule has 2 heterocycles. The fourth-order valence-corrected chi connectivity index (χ4v) is 2.30. The molecule has 17 heavy (non-hydrogen) atoms. The van der Waals surface area contributed by atoms with E-state index in [0.717, 1.165) is 38.0 Å². The van der Waals surface area contributed by atoms with Crippen molar-refractivity contribution < 1.29 is 9.53 Å². The Morgan fingerprint density at radius 1 is 1.59 bits per heavy atom. The average Bonchev–Trinajstić information content (AvgIpc) is 2.85. The third-order valence-corrected chi connectivity index (χ3v) is 3.22. The first-order valence-corrected chi connectivity index (χ1v) is 6.03. The number of nitrogens with zero attached hydrogens (tertiary/aromatic N) is 2. The summed E-state index contributed by atoms with van der Waals surface area (Å²) in [4.78, 5) is 18.0. The Bertz CT molecular complexity index is 367. The van der Waals surface area contributed by atoms with E-state index in [4.69, 9.17) is 4.74 Å². The van der Waals surface area contributed by atoms with Crippen molar-refractivity contribution in [3.63, 3.8) is 0 Å². The Kier molecular flexibility index (Phi) is 4.09. The molecular formula is C13H18N2O2. The molecule has 1 saturated heterocycles. The normalized spacial score (nSPS) is 20.4. The first kappa shape index (κ1) is 12.0. The molecule has 0 saturated carbocycles. The molecule has 1 aromatic heterocycles. The summed E-state index contributed by atoms with van der Waals surface area (Å²) >= 11 is 0. The Hall–Kier alpha value is -1.42. The molecule has 0 unspecified atom stereocenters. The molecule has 1 aliphatic heterocycles. The summed E-state index contributed by atoms with van der Waals surface area (Å²) in [6.45, 7) is 1.85. The third-order valence-electron chi connectivity index (χ3n) is 3.22. The van der Waals surface area contributed by atoms with Crippen LogP contribution in [0.3, 0.4) is 0 Å². The van der Waals surface area contributed by atoms with Crippen molar-refractivity contribution in [3.05, 3.63) is 30.1 Å². The quantitative estimate of drug-likeness (QED) is 0.736. The van der Waals surface area contributed by atoms with Gasteiger partial charge in [-0.25, -0.2) is 0 Å². The maximum absolute atomic E-state index is 11.6. The molecule has 1 atom stereocenters. The van der Waals surface area contributed by atoms with Crippen molar-refractivity contribution in [1.82, 2.24) is 9.88 Å². The molecule has 0 N–H and O–H groups in total. The molecule has 92 valence electrons. The van der Waals surface area contributed by atoms with Crippen molar-refractivity contribution in [2.24, 2.45) is 0 Å². The van der Waals surface area contributed by atoms with E-state index in [2.05, 4.69) is 9.88 Å². The van der Waals surface area contributed by atoms with Crippen molar-refractivity contribution in [2.75, 3.05) is 20.2 Å². The van der Waals surface area contributed by atoms with Gasteiger partial charge in [-0.05, 0) is 31.5 Å². The van der Waals surface area contributed by atoms with Crippen molar-refractivity contribution in [1.29, 1.82) is 0 Å². The first-order chi connectivity index (χ1) is 8.31. The summed E-state index contributed by atoms with van der Waals surface area (Å²) < 4.78 is 4.82. The van der Waals surface area contributed by atoms with Crippen LogP contribution < -0.4 is 0 Å². The first-order valence-electron chi connectivity index (χ1n) is 6.03. The summed E-state index contributed by atoms with van der Waals surface area (Å²) in [5, 5.41) is 0. The minimum atomic E-state index is -0.108. The monoisotopic (exact) mass is 234 g/mol. The number of aromatic nitrogens is 1. The van der Waals surface area contributed by atoms with Gasteiger partial charge in [-0.2, -0.15) is 0 Å². The summed E-state index contributed by atoms with van der Waals surface area (Å²) in [6.07, 6.45) is 4.67. The lowest BCUT2D eigenvalue weighted by Gasteiger charge is -2.21. The van der Waals surface area contributed by atoms with E-state index in [1.54, 1.807) is 6.20 Å². The fraction of sp³-hybridized carbons (Fsp3) is 0.538. The van der Waals surface area contributed by atoms with Gasteiger partial charge in [-0.1, -0.05) is 6.07 Å². The van der Waals surface area contributed by atoms with Crippen LogP contribution in [0.1, 0.15) is 18.5 Å². The standard InChI is InChI=1S/C13H18N2O2/c1-17-13(16)12-6-4-9-15(12)10-7-11-5-2-3-8-14-11/h2-3,5,8,12H,4,6-7,9-10H2,1H3/t12-/m1/s1. The number of esters is 1. The van der Waals surface area contributed by atoms with Crippen LogP contribution in [-0.4, -0.2) is 42.1 Å². The number of carbonyl (C=O) groups excluding carboxylic acids is 1. The smallest absolute Gasteiger partial charge is 0.323 e. The molecule has 0 aliphatic carbocycles. The van der Waals surface area contributed by atoms with Crippen molar-refractivity contribution in [2.45, 2.75) is 25.3 Å². The van der Waals surface area contributed by atoms with E-state index < -0.39 is 0 Å². The second kappa shape index (κ2) is 5.77. The Balaban J connectivity index is 1.88. The van der Waals surface area contributed by atoms with Gasteiger partial charge >= 0.3 is 5.97 Å². The zero-order valence-corrected chi connectivity index (χ0v) is 10.1. The van der Waals surface area contributed by atoms with E-state index in [9.17, 15) is 4.79 Å². The van der Waals surface area contributed by atoms with Gasteiger partial charge < -0.3 is 4.74 Å². The van der Waals surface area contributed by atoms with Crippen LogP contribution in [0, 0.1) is 0 Å². The molecule has 4 heteroatoms. The van der Waals surface area contributed by atoms with E-state index in [1.807, 2.05) is 18.2 Å². The lowest BCUT2D eigenvalue weighted by atomic mass is 10.2. The summed E-state index contributed by atoms with van der Waals surface area (Å²) in [6, 6.07) is 5.87. The minimum Gasteiger partial charge on any atom is -0.468 e. The highest BCUT2D eigenvalue weighted by Crippen LogP contribution is 2.18. The Labute approximate surface area is 102 Å². The third kappa shape index (κ3) is 3.03. The lowest BCUT2D eigenvalue weighted by molar-refractivity contribution is -0.145. The number of hydrogen-bond donors (Lipinski definition) is 0. The summed E-state index contributed by atoms with van der Waals surface area (Å²) in [7, 11) is 1.46. The van der Waals surface area contributed by atoms with E-state index in [-0.39, 0.29) is 12.0 Å². The number of hydrogen-bond acceptors (Lipinski definition) is 4. The average molecular weight is 234 g/mol. The van der Waals surface area contributed by atoms with E-state index >= 15 is 0 Å². The topological polar surface area (TPSA) is 42.4 Å². The van der Waals surface area contributed by atoms with Crippen LogP contribution in [0.5, 0.6) is 0 Å². The van der Waals surface area contributed by atoms with Gasteiger partial charge in [0.2, 0.25) is 0 Å². The van der Waals surface area contributed by atoms with Crippen LogP contribution in [0.25, 0.3) is 0 Å². The SMILES string of the molecule is COC(=O)[C@H]1CCCN1CCc1ccccn1. The van der Waals surface area contributed by atoms with Crippen molar-refractivity contribution >= 4 is 5.97 Å². The largest absolute Gasteiger partial charge is 0.468 e. The van der Waals surface area contributed by atoms with Crippen LogP contribution in [0.15, 0.2) is 24.4 Å². The molecule has 1 aromatic rings. The highest BCUT2D eigenvalue weighted by molar-refractivity contribution is 5.75. The molecule has 1 aliphatic rings. The Morgan fingerprint density at radius 3 is 3.18 bits per heavy atom. The van der Waals surface area contributed by atoms with Gasteiger partial charge in [0.25, 0.3) is 0 Å². The van der Waals surface area contributed by atoms with Gasteiger partial charge in [-0.3, -0.25) is 14.7 Å². The predicted octanol–water partition coefficient (Wildman–Crippen LogP) is 1.26. The fourth-order valence-electron chi connectivity index (χ4n) is 2.30. The van der Waals surface area contributed by atoms with Crippen LogP contribution in [-0.2, 0) is 16.0 Å². The molecule has 4 nitrogen and oxygen atoms in total. The van der Waals surface area contributed by atoms with Crippen LogP contribution >= 0.6 is 0 Å². The molecule has 0 spiro atoms. The Morgan fingerprint density at radius 2 is 2.47 bits per heavy atom. The highest BCUT2D eigenvalue weighted by Gasteiger charge is 2.30. The number of pyridine rings is 1. The molecule has 1 fully saturated rings. The summed E-state index contributed by atoms with van der Waals surface area (Å²) in [5.41, 5.74) is 1.07. The second-order valence-corrected chi connectivity index (χ2v) is 4.29. The van der Waals surface area contributed by atoms with Crippen LogP contribution in [0.2, 0.25) is 0 Å². The van der Waals surface area contributed by atoms with Gasteiger partial charge in [0, 0.05) is 24.9 Å². The van der Waals surface area contributed by atoms with Gasteiger partial charge in [0.1, 0.15) is 6.04 Å². The number of likely N-dealkylation sites (tertiary alicyclic amines) is 1. The zero-order valence-electron chi connectivity index (χ0n) is 10.1. The zero-order chi connectivity index (χ0) is 12.1. The van der Waals surface area contributed by atoms with E-state index in [0.29, 0.717) is 0 Å². The molecule has 0 aromatic carbocycles.